The first kappa shape index (κ1) is 13.2. The van der Waals surface area contributed by atoms with Crippen molar-refractivity contribution in [2.45, 2.75) is 17.7 Å². The molecule has 0 aromatic heterocycles. The van der Waals surface area contributed by atoms with Gasteiger partial charge in [0, 0.05) is 10.8 Å². The lowest BCUT2D eigenvalue weighted by molar-refractivity contribution is -0.141. The molecule has 0 spiro atoms. The monoisotopic (exact) mass is 285 g/mol. The van der Waals surface area contributed by atoms with E-state index >= 15 is 0 Å². The van der Waals surface area contributed by atoms with Crippen molar-refractivity contribution in [3.05, 3.63) is 34.9 Å². The van der Waals surface area contributed by atoms with Gasteiger partial charge in [-0.15, -0.1) is 11.8 Å². The van der Waals surface area contributed by atoms with Crippen LogP contribution in [0.4, 0.5) is 0 Å². The summed E-state index contributed by atoms with van der Waals surface area (Å²) in [5.74, 6) is -0.817. The first-order valence-electron chi connectivity index (χ1n) is 5.45. The van der Waals surface area contributed by atoms with Gasteiger partial charge in [0.25, 0.3) is 0 Å². The highest BCUT2D eigenvalue weighted by Crippen LogP contribution is 2.23. The van der Waals surface area contributed by atoms with E-state index in [0.717, 1.165) is 5.56 Å². The molecule has 0 aliphatic carbocycles. The number of halogens is 1. The van der Waals surface area contributed by atoms with Crippen molar-refractivity contribution >= 4 is 35.2 Å². The smallest absolute Gasteiger partial charge is 0.327 e. The molecule has 1 heterocycles. The van der Waals surface area contributed by atoms with Gasteiger partial charge in [-0.3, -0.25) is 4.79 Å². The van der Waals surface area contributed by atoms with E-state index in [9.17, 15) is 9.59 Å². The van der Waals surface area contributed by atoms with Crippen molar-refractivity contribution in [3.8, 4) is 0 Å². The second-order valence-corrected chi connectivity index (χ2v) is 5.73. The zero-order chi connectivity index (χ0) is 13.1. The van der Waals surface area contributed by atoms with Crippen molar-refractivity contribution in [2.24, 2.45) is 0 Å². The van der Waals surface area contributed by atoms with Crippen LogP contribution >= 0.6 is 23.4 Å². The van der Waals surface area contributed by atoms with Crippen molar-refractivity contribution in [1.82, 2.24) is 5.32 Å². The van der Waals surface area contributed by atoms with E-state index in [2.05, 4.69) is 5.32 Å². The molecule has 1 aromatic carbocycles. The minimum absolute atomic E-state index is 0.223. The molecule has 1 aromatic rings. The van der Waals surface area contributed by atoms with Gasteiger partial charge in [-0.25, -0.2) is 4.79 Å². The van der Waals surface area contributed by atoms with Gasteiger partial charge in [0.15, 0.2) is 0 Å². The number of rotatable bonds is 3. The number of carbonyl (C=O) groups excluding carboxylic acids is 1. The average Bonchev–Trinajstić information content (AvgIpc) is 2.31. The van der Waals surface area contributed by atoms with Crippen molar-refractivity contribution in [1.29, 1.82) is 0 Å². The molecule has 2 N–H and O–H groups in total. The molecule has 1 fully saturated rings. The Bertz CT molecular complexity index is 480. The fourth-order valence-electron chi connectivity index (χ4n) is 1.76. The molecule has 2 unspecified atom stereocenters. The summed E-state index contributed by atoms with van der Waals surface area (Å²) in [6, 6.07) is 6.56. The SMILES string of the molecule is O=C(O)C1CSC(Cc2cccc(Cl)c2)C(=O)N1. The molecule has 96 valence electrons. The Morgan fingerprint density at radius 3 is 2.94 bits per heavy atom. The normalized spacial score (nSPS) is 23.5. The van der Waals surface area contributed by atoms with Crippen molar-refractivity contribution in [3.63, 3.8) is 0 Å². The number of thioether (sulfide) groups is 1. The molecule has 2 atom stereocenters. The molecular formula is C12H12ClNO3S. The second-order valence-electron chi connectivity index (χ2n) is 4.06. The fraction of sp³-hybridized carbons (Fsp3) is 0.333. The van der Waals surface area contributed by atoms with E-state index in [1.807, 2.05) is 18.2 Å². The maximum atomic E-state index is 11.8. The Morgan fingerprint density at radius 1 is 1.56 bits per heavy atom. The van der Waals surface area contributed by atoms with Crippen LogP contribution in [-0.2, 0) is 16.0 Å². The van der Waals surface area contributed by atoms with Gasteiger partial charge in [0.05, 0.1) is 5.25 Å². The number of benzene rings is 1. The van der Waals surface area contributed by atoms with Crippen LogP contribution in [0.3, 0.4) is 0 Å². The molecule has 0 bridgehead atoms. The van der Waals surface area contributed by atoms with Gasteiger partial charge in [0.1, 0.15) is 6.04 Å². The maximum Gasteiger partial charge on any atom is 0.327 e. The summed E-state index contributed by atoms with van der Waals surface area (Å²) >= 11 is 7.25. The lowest BCUT2D eigenvalue weighted by Crippen LogP contribution is -2.51. The van der Waals surface area contributed by atoms with E-state index in [4.69, 9.17) is 16.7 Å². The van der Waals surface area contributed by atoms with Crippen LogP contribution in [0.1, 0.15) is 5.56 Å². The number of hydrogen-bond donors (Lipinski definition) is 2. The van der Waals surface area contributed by atoms with E-state index in [-0.39, 0.29) is 11.2 Å². The third-order valence-corrected chi connectivity index (χ3v) is 4.23. The Hall–Kier alpha value is -1.20. The zero-order valence-corrected chi connectivity index (χ0v) is 11.0. The molecule has 0 saturated carbocycles. The highest BCUT2D eigenvalue weighted by molar-refractivity contribution is 8.00. The fourth-order valence-corrected chi connectivity index (χ4v) is 3.15. The van der Waals surface area contributed by atoms with Crippen LogP contribution < -0.4 is 5.32 Å². The second kappa shape index (κ2) is 5.63. The van der Waals surface area contributed by atoms with Gasteiger partial charge in [-0.2, -0.15) is 0 Å². The summed E-state index contributed by atoms with van der Waals surface area (Å²) in [6.07, 6.45) is 0.559. The lowest BCUT2D eigenvalue weighted by Gasteiger charge is -2.26. The quantitative estimate of drug-likeness (QED) is 0.885. The topological polar surface area (TPSA) is 66.4 Å². The highest BCUT2D eigenvalue weighted by atomic mass is 35.5. The van der Waals surface area contributed by atoms with Crippen LogP contribution in [0.2, 0.25) is 5.02 Å². The summed E-state index contributed by atoms with van der Waals surface area (Å²) in [5, 5.41) is 11.7. The largest absolute Gasteiger partial charge is 0.480 e. The van der Waals surface area contributed by atoms with Crippen LogP contribution in [0.25, 0.3) is 0 Å². The summed E-state index contributed by atoms with van der Waals surface area (Å²) < 4.78 is 0. The number of carboxylic acid groups (broad SMARTS) is 1. The van der Waals surface area contributed by atoms with Crippen LogP contribution in [-0.4, -0.2) is 34.0 Å². The number of amides is 1. The van der Waals surface area contributed by atoms with Crippen LogP contribution in [0.5, 0.6) is 0 Å². The molecule has 6 heteroatoms. The Kier molecular flexibility index (Phi) is 4.14. The Morgan fingerprint density at radius 2 is 2.33 bits per heavy atom. The number of hydrogen-bond acceptors (Lipinski definition) is 3. The van der Waals surface area contributed by atoms with Gasteiger partial charge in [0.2, 0.25) is 5.91 Å². The van der Waals surface area contributed by atoms with Gasteiger partial charge in [-0.05, 0) is 24.1 Å². The highest BCUT2D eigenvalue weighted by Gasteiger charge is 2.32. The van der Waals surface area contributed by atoms with E-state index < -0.39 is 12.0 Å². The van der Waals surface area contributed by atoms with Crippen molar-refractivity contribution < 1.29 is 14.7 Å². The number of carboxylic acids is 1. The average molecular weight is 286 g/mol. The first-order valence-corrected chi connectivity index (χ1v) is 6.88. The molecule has 1 saturated heterocycles. The maximum absolute atomic E-state index is 11.8. The molecule has 2 rings (SSSR count). The third-order valence-electron chi connectivity index (χ3n) is 2.68. The number of aliphatic carboxylic acids is 1. The predicted octanol–water partition coefficient (Wildman–Crippen LogP) is 1.57. The first-order chi connectivity index (χ1) is 8.56. The zero-order valence-electron chi connectivity index (χ0n) is 9.43. The molecular weight excluding hydrogens is 274 g/mol. The molecule has 1 aliphatic heterocycles. The summed E-state index contributed by atoms with van der Waals surface area (Å²) in [4.78, 5) is 22.5. The Balaban J connectivity index is 1.99. The number of nitrogens with one attached hydrogen (secondary N) is 1. The van der Waals surface area contributed by atoms with E-state index in [1.165, 1.54) is 11.8 Å². The minimum atomic E-state index is -0.989. The molecule has 4 nitrogen and oxygen atoms in total. The third kappa shape index (κ3) is 3.17. The summed E-state index contributed by atoms with van der Waals surface area (Å²) in [6.45, 7) is 0. The van der Waals surface area contributed by atoms with E-state index in [1.54, 1.807) is 6.07 Å². The molecule has 0 radical (unpaired) electrons. The minimum Gasteiger partial charge on any atom is -0.480 e. The van der Waals surface area contributed by atoms with Gasteiger partial charge in [-0.1, -0.05) is 23.7 Å². The molecule has 1 aliphatic rings. The molecule has 18 heavy (non-hydrogen) atoms. The summed E-state index contributed by atoms with van der Waals surface area (Å²) in [5.41, 5.74) is 0.976. The van der Waals surface area contributed by atoms with Gasteiger partial charge < -0.3 is 10.4 Å². The Labute approximate surface area is 114 Å². The van der Waals surface area contributed by atoms with Crippen LogP contribution in [0, 0.1) is 0 Å². The van der Waals surface area contributed by atoms with Crippen molar-refractivity contribution in [2.75, 3.05) is 5.75 Å². The van der Waals surface area contributed by atoms with Gasteiger partial charge >= 0.3 is 5.97 Å². The van der Waals surface area contributed by atoms with E-state index in [0.29, 0.717) is 17.2 Å². The summed E-state index contributed by atoms with van der Waals surface area (Å²) in [7, 11) is 0. The number of carbonyl (C=O) groups is 2. The van der Waals surface area contributed by atoms with Crippen LogP contribution in [0.15, 0.2) is 24.3 Å². The lowest BCUT2D eigenvalue weighted by atomic mass is 10.1. The molecule has 1 amide bonds. The predicted molar refractivity (Wildman–Crippen MR) is 71.0 cm³/mol. The standard InChI is InChI=1S/C12H12ClNO3S/c13-8-3-1-2-7(4-8)5-10-11(15)14-9(6-18-10)12(16)17/h1-4,9-10H,5-6H2,(H,14,15)(H,16,17).